The molecule has 0 fully saturated rings. The van der Waals surface area contributed by atoms with E-state index in [4.69, 9.17) is 16.6 Å². The molecule has 0 saturated carbocycles. The molecule has 5 nitrogen and oxygen atoms in total. The highest BCUT2D eigenvalue weighted by molar-refractivity contribution is 5.98. The molecule has 0 aliphatic carbocycles. The van der Waals surface area contributed by atoms with E-state index in [0.717, 1.165) is 0 Å². The van der Waals surface area contributed by atoms with Gasteiger partial charge in [0.25, 0.3) is 0 Å². The molecule has 1 heterocycles. The molecule has 1 aromatic heterocycles. The van der Waals surface area contributed by atoms with E-state index >= 15 is 0 Å². The summed E-state index contributed by atoms with van der Waals surface area (Å²) in [7, 11) is 0. The van der Waals surface area contributed by atoms with Gasteiger partial charge in [0.1, 0.15) is 5.69 Å². The lowest BCUT2D eigenvalue weighted by Crippen LogP contribution is -2.43. The van der Waals surface area contributed by atoms with Crippen LogP contribution >= 0.6 is 0 Å². The van der Waals surface area contributed by atoms with E-state index in [9.17, 15) is 4.79 Å². The third-order valence-corrected chi connectivity index (χ3v) is 2.27. The van der Waals surface area contributed by atoms with Crippen LogP contribution in [0.3, 0.4) is 0 Å². The fraction of sp³-hybridized carbons (Fsp3) is 0.400. The zero-order chi connectivity index (χ0) is 11.3. The summed E-state index contributed by atoms with van der Waals surface area (Å²) in [6.07, 6.45) is 1.52. The maximum Gasteiger partial charge on any atom is 0.198 e. The number of hydrogen-bond acceptors (Lipinski definition) is 5. The van der Waals surface area contributed by atoms with Crippen LogP contribution in [0.5, 0.6) is 0 Å². The van der Waals surface area contributed by atoms with Gasteiger partial charge in [-0.15, -0.1) is 0 Å². The van der Waals surface area contributed by atoms with Crippen LogP contribution in [-0.4, -0.2) is 35.1 Å². The van der Waals surface area contributed by atoms with Crippen molar-refractivity contribution in [2.75, 3.05) is 13.2 Å². The van der Waals surface area contributed by atoms with Crippen LogP contribution in [0.25, 0.3) is 0 Å². The van der Waals surface area contributed by atoms with Crippen LogP contribution in [0, 0.1) is 5.92 Å². The minimum absolute atomic E-state index is 0.177. The number of aliphatic hydroxyl groups is 1. The summed E-state index contributed by atoms with van der Waals surface area (Å²) >= 11 is 0. The molecule has 15 heavy (non-hydrogen) atoms. The molecule has 0 aliphatic heterocycles. The van der Waals surface area contributed by atoms with E-state index in [-0.39, 0.29) is 18.9 Å². The average Bonchev–Trinajstić information content (AvgIpc) is 2.30. The molecule has 0 aromatic carbocycles. The van der Waals surface area contributed by atoms with Crippen molar-refractivity contribution in [2.45, 2.75) is 6.04 Å². The van der Waals surface area contributed by atoms with Gasteiger partial charge in [0.2, 0.25) is 0 Å². The second kappa shape index (κ2) is 5.55. The predicted octanol–water partition coefficient (Wildman–Crippen LogP) is -0.841. The molecular weight excluding hydrogens is 194 g/mol. The van der Waals surface area contributed by atoms with Crippen molar-refractivity contribution in [1.29, 1.82) is 0 Å². The number of nitrogens with zero attached hydrogens (tertiary/aromatic N) is 1. The first-order valence-electron chi connectivity index (χ1n) is 4.72. The molecule has 0 aliphatic rings. The SMILES string of the molecule is NCC(CO)C(N)C(=O)c1ccccn1. The lowest BCUT2D eigenvalue weighted by Gasteiger charge is -2.18. The predicted molar refractivity (Wildman–Crippen MR) is 56.2 cm³/mol. The molecule has 2 unspecified atom stereocenters. The molecule has 2 atom stereocenters. The maximum atomic E-state index is 11.7. The van der Waals surface area contributed by atoms with Crippen LogP contribution in [0.1, 0.15) is 10.5 Å². The molecule has 0 saturated heterocycles. The summed E-state index contributed by atoms with van der Waals surface area (Å²) in [5.74, 6) is -0.709. The van der Waals surface area contributed by atoms with Gasteiger partial charge in [-0.3, -0.25) is 9.78 Å². The number of Topliss-reactive ketones (excluding diaryl/α,β-unsaturated/α-hetero) is 1. The summed E-state index contributed by atoms with van der Waals surface area (Å²) in [5.41, 5.74) is 11.4. The molecule has 0 spiro atoms. The van der Waals surface area contributed by atoms with Gasteiger partial charge in [0.05, 0.1) is 6.04 Å². The largest absolute Gasteiger partial charge is 0.396 e. The third kappa shape index (κ3) is 2.82. The third-order valence-electron chi connectivity index (χ3n) is 2.27. The molecule has 0 amide bonds. The minimum Gasteiger partial charge on any atom is -0.396 e. The van der Waals surface area contributed by atoms with Gasteiger partial charge in [-0.05, 0) is 18.7 Å². The number of hydrogen-bond donors (Lipinski definition) is 3. The lowest BCUT2D eigenvalue weighted by molar-refractivity contribution is 0.0897. The topological polar surface area (TPSA) is 102 Å². The molecule has 1 rings (SSSR count). The molecule has 1 aromatic rings. The Morgan fingerprint density at radius 3 is 2.73 bits per heavy atom. The first-order valence-corrected chi connectivity index (χ1v) is 4.72. The average molecular weight is 209 g/mol. The summed E-state index contributed by atoms with van der Waals surface area (Å²) in [4.78, 5) is 15.6. The number of aromatic nitrogens is 1. The Balaban J connectivity index is 2.77. The zero-order valence-electron chi connectivity index (χ0n) is 8.34. The van der Waals surface area contributed by atoms with Crippen LogP contribution in [0.15, 0.2) is 24.4 Å². The number of ketones is 1. The molecule has 0 radical (unpaired) electrons. The van der Waals surface area contributed by atoms with Crippen LogP contribution < -0.4 is 11.5 Å². The van der Waals surface area contributed by atoms with Crippen molar-refractivity contribution < 1.29 is 9.90 Å². The Bertz CT molecular complexity index is 312. The van der Waals surface area contributed by atoms with Crippen molar-refractivity contribution in [3.63, 3.8) is 0 Å². The Labute approximate surface area is 88.1 Å². The highest BCUT2D eigenvalue weighted by Crippen LogP contribution is 2.06. The van der Waals surface area contributed by atoms with E-state index in [2.05, 4.69) is 4.98 Å². The van der Waals surface area contributed by atoms with Crippen LogP contribution in [0.4, 0.5) is 0 Å². The van der Waals surface area contributed by atoms with E-state index in [1.165, 1.54) is 6.20 Å². The lowest BCUT2D eigenvalue weighted by atomic mass is 9.96. The first-order chi connectivity index (χ1) is 7.20. The standard InChI is InChI=1S/C10H15N3O2/c11-5-7(6-14)9(12)10(15)8-3-1-2-4-13-8/h1-4,7,9,14H,5-6,11-12H2. The molecule has 0 bridgehead atoms. The quantitative estimate of drug-likeness (QED) is 0.549. The second-order valence-corrected chi connectivity index (χ2v) is 3.28. The van der Waals surface area contributed by atoms with Gasteiger partial charge in [-0.2, -0.15) is 0 Å². The van der Waals surface area contributed by atoms with Crippen molar-refractivity contribution in [3.8, 4) is 0 Å². The Morgan fingerprint density at radius 2 is 2.27 bits per heavy atom. The molecule has 5 heteroatoms. The van der Waals surface area contributed by atoms with E-state index in [1.54, 1.807) is 18.2 Å². The van der Waals surface area contributed by atoms with E-state index in [1.807, 2.05) is 0 Å². The highest BCUT2D eigenvalue weighted by atomic mass is 16.3. The Kier molecular flexibility index (Phi) is 4.36. The number of pyridine rings is 1. The van der Waals surface area contributed by atoms with Crippen LogP contribution in [-0.2, 0) is 0 Å². The van der Waals surface area contributed by atoms with Gasteiger partial charge >= 0.3 is 0 Å². The normalized spacial score (nSPS) is 14.6. The number of aliphatic hydroxyl groups excluding tert-OH is 1. The van der Waals surface area contributed by atoms with Crippen molar-refractivity contribution >= 4 is 5.78 Å². The molecule has 5 N–H and O–H groups in total. The second-order valence-electron chi connectivity index (χ2n) is 3.28. The van der Waals surface area contributed by atoms with Gasteiger partial charge in [0.15, 0.2) is 5.78 Å². The van der Waals surface area contributed by atoms with Crippen molar-refractivity contribution in [1.82, 2.24) is 4.98 Å². The Morgan fingerprint density at radius 1 is 1.53 bits per heavy atom. The number of carbonyl (C=O) groups is 1. The summed E-state index contributed by atoms with van der Waals surface area (Å²) in [6, 6.07) is 4.22. The molecule has 82 valence electrons. The van der Waals surface area contributed by atoms with E-state index < -0.39 is 12.0 Å². The minimum atomic E-state index is -0.796. The Hall–Kier alpha value is -1.30. The van der Waals surface area contributed by atoms with E-state index in [0.29, 0.717) is 5.69 Å². The van der Waals surface area contributed by atoms with Gasteiger partial charge in [0, 0.05) is 18.7 Å². The first kappa shape index (κ1) is 11.8. The van der Waals surface area contributed by atoms with Gasteiger partial charge < -0.3 is 16.6 Å². The highest BCUT2D eigenvalue weighted by Gasteiger charge is 2.24. The molecular formula is C10H15N3O2. The summed E-state index contributed by atoms with van der Waals surface area (Å²) in [6.45, 7) is -0.0213. The smallest absolute Gasteiger partial charge is 0.198 e. The summed E-state index contributed by atoms with van der Waals surface area (Å²) in [5, 5.41) is 8.96. The van der Waals surface area contributed by atoms with Crippen molar-refractivity contribution in [2.24, 2.45) is 17.4 Å². The van der Waals surface area contributed by atoms with Crippen molar-refractivity contribution in [3.05, 3.63) is 30.1 Å². The maximum absolute atomic E-state index is 11.7. The number of nitrogens with two attached hydrogens (primary N) is 2. The van der Waals surface area contributed by atoms with Gasteiger partial charge in [-0.25, -0.2) is 0 Å². The fourth-order valence-electron chi connectivity index (χ4n) is 1.23. The number of rotatable bonds is 5. The zero-order valence-corrected chi connectivity index (χ0v) is 8.34. The summed E-state index contributed by atoms with van der Waals surface area (Å²) < 4.78 is 0. The fourth-order valence-corrected chi connectivity index (χ4v) is 1.23. The monoisotopic (exact) mass is 209 g/mol. The van der Waals surface area contributed by atoms with Crippen LogP contribution in [0.2, 0.25) is 0 Å². The number of carbonyl (C=O) groups excluding carboxylic acids is 1. The van der Waals surface area contributed by atoms with Gasteiger partial charge in [-0.1, -0.05) is 6.07 Å².